The zero-order valence-corrected chi connectivity index (χ0v) is 8.54. The number of aryl methyl sites for hydroxylation is 1. The minimum Gasteiger partial charge on any atom is -0.495 e. The van der Waals surface area contributed by atoms with E-state index in [4.69, 9.17) is 16.3 Å². The molecule has 0 aliphatic rings. The Kier molecular flexibility index (Phi) is 2.21. The first-order valence-corrected chi connectivity index (χ1v) is 4.42. The van der Waals surface area contributed by atoms with Gasteiger partial charge in [-0.1, -0.05) is 11.6 Å². The molecule has 2 rings (SSSR count). The number of nitrogens with zero attached hydrogens (tertiary/aromatic N) is 3. The lowest BCUT2D eigenvalue weighted by Crippen LogP contribution is -1.93. The Balaban J connectivity index is 2.75. The fraction of sp³-hybridized carbons (Fsp3) is 0.222. The van der Waals surface area contributed by atoms with Crippen LogP contribution < -0.4 is 4.74 Å². The van der Waals surface area contributed by atoms with E-state index in [2.05, 4.69) is 15.0 Å². The van der Waals surface area contributed by atoms with E-state index in [1.54, 1.807) is 26.3 Å². The minimum absolute atomic E-state index is 0.371. The lowest BCUT2D eigenvalue weighted by atomic mass is 10.3. The number of hydrogen-bond acceptors (Lipinski definition) is 4. The summed E-state index contributed by atoms with van der Waals surface area (Å²) in [6, 6.07) is 1.78. The van der Waals surface area contributed by atoms with Crippen LogP contribution >= 0.6 is 11.6 Å². The van der Waals surface area contributed by atoms with Crippen LogP contribution in [0, 0.1) is 6.92 Å². The molecule has 72 valence electrons. The molecule has 0 saturated carbocycles. The predicted molar refractivity (Wildman–Crippen MR) is 53.6 cm³/mol. The molecule has 2 aromatic heterocycles. The van der Waals surface area contributed by atoms with Gasteiger partial charge in [-0.3, -0.25) is 0 Å². The van der Waals surface area contributed by atoms with Crippen LogP contribution in [0.4, 0.5) is 0 Å². The van der Waals surface area contributed by atoms with E-state index in [9.17, 15) is 0 Å². The second-order valence-corrected chi connectivity index (χ2v) is 3.16. The van der Waals surface area contributed by atoms with E-state index in [0.717, 1.165) is 0 Å². The van der Waals surface area contributed by atoms with Crippen LogP contribution in [-0.2, 0) is 0 Å². The van der Waals surface area contributed by atoms with Gasteiger partial charge in [0.2, 0.25) is 0 Å². The van der Waals surface area contributed by atoms with Crippen molar-refractivity contribution in [2.75, 3.05) is 7.11 Å². The Morgan fingerprint density at radius 3 is 2.86 bits per heavy atom. The summed E-state index contributed by atoms with van der Waals surface area (Å²) in [4.78, 5) is 12.3. The number of ether oxygens (including phenoxy) is 1. The second kappa shape index (κ2) is 3.38. The van der Waals surface area contributed by atoms with Gasteiger partial charge in [-0.2, -0.15) is 0 Å². The normalized spacial score (nSPS) is 10.5. The lowest BCUT2D eigenvalue weighted by molar-refractivity contribution is 0.413. The standard InChI is InChI=1S/C9H8ClN3O/c1-5-12-7-3-6(14-2)4-11-8(7)9(10)13-5/h3-4H,1-2H3. The van der Waals surface area contributed by atoms with Gasteiger partial charge >= 0.3 is 0 Å². The highest BCUT2D eigenvalue weighted by Crippen LogP contribution is 2.21. The molecule has 0 atom stereocenters. The first-order valence-electron chi connectivity index (χ1n) is 4.04. The summed E-state index contributed by atoms with van der Waals surface area (Å²) < 4.78 is 5.04. The van der Waals surface area contributed by atoms with Gasteiger partial charge in [-0.25, -0.2) is 15.0 Å². The molecule has 0 saturated heterocycles. The van der Waals surface area contributed by atoms with Gasteiger partial charge in [-0.15, -0.1) is 0 Å². The Hall–Kier alpha value is -1.42. The highest BCUT2D eigenvalue weighted by Gasteiger charge is 2.05. The Labute approximate surface area is 85.9 Å². The number of pyridine rings is 1. The maximum atomic E-state index is 5.90. The molecule has 2 heterocycles. The van der Waals surface area contributed by atoms with Gasteiger partial charge in [0.15, 0.2) is 5.15 Å². The molecule has 0 radical (unpaired) electrons. The van der Waals surface area contributed by atoms with Crippen molar-refractivity contribution in [3.63, 3.8) is 0 Å². The van der Waals surface area contributed by atoms with E-state index in [1.165, 1.54) is 0 Å². The first-order chi connectivity index (χ1) is 6.70. The van der Waals surface area contributed by atoms with Crippen LogP contribution in [0.1, 0.15) is 5.82 Å². The summed E-state index contributed by atoms with van der Waals surface area (Å²) in [6.45, 7) is 1.78. The Morgan fingerprint density at radius 2 is 2.14 bits per heavy atom. The number of rotatable bonds is 1. The summed E-state index contributed by atoms with van der Waals surface area (Å²) in [5.41, 5.74) is 1.29. The van der Waals surface area contributed by atoms with Gasteiger partial charge in [0, 0.05) is 6.07 Å². The van der Waals surface area contributed by atoms with Crippen LogP contribution in [0.3, 0.4) is 0 Å². The highest BCUT2D eigenvalue weighted by molar-refractivity contribution is 6.33. The maximum absolute atomic E-state index is 5.90. The Bertz CT molecular complexity index is 487. The number of aromatic nitrogens is 3. The first kappa shape index (κ1) is 9.15. The van der Waals surface area contributed by atoms with E-state index in [1.807, 2.05) is 0 Å². The fourth-order valence-corrected chi connectivity index (χ4v) is 1.45. The second-order valence-electron chi connectivity index (χ2n) is 2.80. The molecule has 0 unspecified atom stereocenters. The number of halogens is 1. The molecule has 0 N–H and O–H groups in total. The topological polar surface area (TPSA) is 47.9 Å². The van der Waals surface area contributed by atoms with Gasteiger partial charge in [0.25, 0.3) is 0 Å². The maximum Gasteiger partial charge on any atom is 0.159 e. The van der Waals surface area contributed by atoms with Crippen molar-refractivity contribution in [1.82, 2.24) is 15.0 Å². The highest BCUT2D eigenvalue weighted by atomic mass is 35.5. The predicted octanol–water partition coefficient (Wildman–Crippen LogP) is 2.00. The van der Waals surface area contributed by atoms with Crippen molar-refractivity contribution in [3.05, 3.63) is 23.2 Å². The molecular formula is C9H8ClN3O. The average molecular weight is 210 g/mol. The molecule has 0 aliphatic carbocycles. The molecular weight excluding hydrogens is 202 g/mol. The van der Waals surface area contributed by atoms with Crippen molar-refractivity contribution in [2.24, 2.45) is 0 Å². The minimum atomic E-state index is 0.371. The summed E-state index contributed by atoms with van der Waals surface area (Å²) in [5.74, 6) is 1.28. The van der Waals surface area contributed by atoms with Crippen LogP contribution in [0.25, 0.3) is 11.0 Å². The van der Waals surface area contributed by atoms with E-state index < -0.39 is 0 Å². The Morgan fingerprint density at radius 1 is 1.36 bits per heavy atom. The molecule has 0 spiro atoms. The molecule has 0 aromatic carbocycles. The third-order valence-corrected chi connectivity index (χ3v) is 2.08. The molecule has 14 heavy (non-hydrogen) atoms. The lowest BCUT2D eigenvalue weighted by Gasteiger charge is -2.02. The summed E-state index contributed by atoms with van der Waals surface area (Å²) in [7, 11) is 1.58. The summed E-state index contributed by atoms with van der Waals surface area (Å²) in [5, 5.41) is 0.371. The van der Waals surface area contributed by atoms with Gasteiger partial charge in [0.05, 0.1) is 18.8 Å². The zero-order chi connectivity index (χ0) is 10.1. The van der Waals surface area contributed by atoms with Crippen molar-refractivity contribution >= 4 is 22.6 Å². The SMILES string of the molecule is COc1cnc2c(Cl)nc(C)nc2c1. The summed E-state index contributed by atoms with van der Waals surface area (Å²) >= 11 is 5.90. The number of hydrogen-bond donors (Lipinski definition) is 0. The van der Waals surface area contributed by atoms with Crippen LogP contribution in [-0.4, -0.2) is 22.1 Å². The number of methoxy groups -OCH3 is 1. The van der Waals surface area contributed by atoms with Crippen molar-refractivity contribution in [3.8, 4) is 5.75 Å². The molecule has 0 fully saturated rings. The molecule has 0 aliphatic heterocycles. The van der Waals surface area contributed by atoms with Crippen molar-refractivity contribution < 1.29 is 4.74 Å². The molecule has 4 nitrogen and oxygen atoms in total. The van der Waals surface area contributed by atoms with Gasteiger partial charge in [0.1, 0.15) is 17.1 Å². The van der Waals surface area contributed by atoms with Gasteiger partial charge in [-0.05, 0) is 6.92 Å². The zero-order valence-electron chi connectivity index (χ0n) is 7.78. The monoisotopic (exact) mass is 209 g/mol. The van der Waals surface area contributed by atoms with Crippen LogP contribution in [0.5, 0.6) is 5.75 Å². The molecule has 0 amide bonds. The van der Waals surface area contributed by atoms with Crippen LogP contribution in [0.2, 0.25) is 5.15 Å². The van der Waals surface area contributed by atoms with Crippen LogP contribution in [0.15, 0.2) is 12.3 Å². The van der Waals surface area contributed by atoms with E-state index in [-0.39, 0.29) is 0 Å². The smallest absolute Gasteiger partial charge is 0.159 e. The van der Waals surface area contributed by atoms with E-state index in [0.29, 0.717) is 27.8 Å². The largest absolute Gasteiger partial charge is 0.495 e. The molecule has 2 aromatic rings. The third kappa shape index (κ3) is 1.48. The molecule has 5 heteroatoms. The van der Waals surface area contributed by atoms with E-state index >= 15 is 0 Å². The van der Waals surface area contributed by atoms with Crippen molar-refractivity contribution in [1.29, 1.82) is 0 Å². The average Bonchev–Trinajstić information content (AvgIpc) is 2.16. The number of fused-ring (bicyclic) bond motifs is 1. The molecule has 0 bridgehead atoms. The fourth-order valence-electron chi connectivity index (χ4n) is 1.18. The quantitative estimate of drug-likeness (QED) is 0.674. The van der Waals surface area contributed by atoms with Gasteiger partial charge < -0.3 is 4.74 Å². The third-order valence-electron chi connectivity index (χ3n) is 1.82. The summed E-state index contributed by atoms with van der Waals surface area (Å²) in [6.07, 6.45) is 1.59. The van der Waals surface area contributed by atoms with Crippen molar-refractivity contribution in [2.45, 2.75) is 6.92 Å².